The van der Waals surface area contributed by atoms with E-state index in [4.69, 9.17) is 11.6 Å². The molecule has 0 fully saturated rings. The van der Waals surface area contributed by atoms with Gasteiger partial charge in [0, 0.05) is 17.6 Å². The van der Waals surface area contributed by atoms with Crippen LogP contribution in [0.3, 0.4) is 0 Å². The molecule has 3 rings (SSSR count). The smallest absolute Gasteiger partial charge is 0.326 e. The molecular formula is C16H13BrClN3O2. The van der Waals surface area contributed by atoms with Crippen LogP contribution in [0.4, 0.5) is 0 Å². The van der Waals surface area contributed by atoms with Crippen molar-refractivity contribution >= 4 is 44.5 Å². The van der Waals surface area contributed by atoms with Crippen molar-refractivity contribution in [2.45, 2.75) is 6.54 Å². The van der Waals surface area contributed by atoms with Crippen LogP contribution in [0.25, 0.3) is 11.0 Å². The third-order valence-corrected chi connectivity index (χ3v) is 4.30. The number of halogens is 2. The number of hydrogen-bond donors (Lipinski definition) is 2. The van der Waals surface area contributed by atoms with E-state index in [0.717, 1.165) is 15.5 Å². The Hall–Kier alpha value is -2.05. The van der Waals surface area contributed by atoms with E-state index in [1.54, 1.807) is 22.8 Å². The molecule has 2 N–H and O–H groups in total. The highest BCUT2D eigenvalue weighted by Crippen LogP contribution is 2.20. The van der Waals surface area contributed by atoms with E-state index >= 15 is 0 Å². The Morgan fingerprint density at radius 3 is 2.87 bits per heavy atom. The van der Waals surface area contributed by atoms with E-state index in [-0.39, 0.29) is 11.6 Å². The van der Waals surface area contributed by atoms with Crippen molar-refractivity contribution < 1.29 is 4.79 Å². The van der Waals surface area contributed by atoms with Gasteiger partial charge in [0.1, 0.15) is 0 Å². The molecule has 0 radical (unpaired) electrons. The zero-order chi connectivity index (χ0) is 16.4. The average Bonchev–Trinajstić information content (AvgIpc) is 2.85. The molecule has 0 bridgehead atoms. The zero-order valence-electron chi connectivity index (χ0n) is 12.0. The quantitative estimate of drug-likeness (QED) is 0.714. The van der Waals surface area contributed by atoms with Gasteiger partial charge in [-0.2, -0.15) is 0 Å². The minimum Gasteiger partial charge on any atom is -0.350 e. The second kappa shape index (κ2) is 6.60. The van der Waals surface area contributed by atoms with Crippen LogP contribution in [-0.4, -0.2) is 22.0 Å². The number of imidazole rings is 1. The number of fused-ring (bicyclic) bond motifs is 1. The van der Waals surface area contributed by atoms with Crippen molar-refractivity contribution in [1.82, 2.24) is 14.9 Å². The summed E-state index contributed by atoms with van der Waals surface area (Å²) in [5.74, 6) is -0.274. The number of rotatable bonds is 4. The van der Waals surface area contributed by atoms with Gasteiger partial charge in [-0.25, -0.2) is 4.79 Å². The number of hydrogen-bond acceptors (Lipinski definition) is 2. The molecule has 1 heterocycles. The number of para-hydroxylation sites is 2. The van der Waals surface area contributed by atoms with Gasteiger partial charge in [0.2, 0.25) is 0 Å². The van der Waals surface area contributed by atoms with Gasteiger partial charge in [-0.05, 0) is 30.3 Å². The molecule has 5 nitrogen and oxygen atoms in total. The summed E-state index contributed by atoms with van der Waals surface area (Å²) < 4.78 is 2.37. The first-order valence-electron chi connectivity index (χ1n) is 6.97. The Morgan fingerprint density at radius 2 is 2.04 bits per heavy atom. The summed E-state index contributed by atoms with van der Waals surface area (Å²) in [7, 11) is 0. The van der Waals surface area contributed by atoms with E-state index in [1.165, 1.54) is 0 Å². The highest BCUT2D eigenvalue weighted by molar-refractivity contribution is 9.10. The summed E-state index contributed by atoms with van der Waals surface area (Å²) in [4.78, 5) is 26.9. The molecule has 1 aromatic heterocycles. The van der Waals surface area contributed by atoms with Crippen LogP contribution in [-0.2, 0) is 6.54 Å². The number of aromatic nitrogens is 2. The number of aromatic amines is 1. The number of benzene rings is 2. The molecule has 0 unspecified atom stereocenters. The van der Waals surface area contributed by atoms with Crippen LogP contribution in [0, 0.1) is 0 Å². The molecular weight excluding hydrogens is 382 g/mol. The van der Waals surface area contributed by atoms with E-state index < -0.39 is 0 Å². The van der Waals surface area contributed by atoms with E-state index in [1.807, 2.05) is 24.3 Å². The lowest BCUT2D eigenvalue weighted by molar-refractivity contribution is 0.0952. The summed E-state index contributed by atoms with van der Waals surface area (Å²) in [6, 6.07) is 12.5. The maximum absolute atomic E-state index is 12.2. The van der Waals surface area contributed by atoms with Crippen molar-refractivity contribution in [1.29, 1.82) is 0 Å². The van der Waals surface area contributed by atoms with Crippen molar-refractivity contribution in [3.05, 3.63) is 68.0 Å². The average molecular weight is 395 g/mol. The fourth-order valence-corrected chi connectivity index (χ4v) is 2.94. The van der Waals surface area contributed by atoms with Crippen molar-refractivity contribution in [3.63, 3.8) is 0 Å². The van der Waals surface area contributed by atoms with Gasteiger partial charge in [-0.3, -0.25) is 9.36 Å². The number of nitrogens with one attached hydrogen (secondary N) is 2. The van der Waals surface area contributed by atoms with Gasteiger partial charge in [0.15, 0.2) is 0 Å². The van der Waals surface area contributed by atoms with Crippen LogP contribution in [0.2, 0.25) is 5.02 Å². The van der Waals surface area contributed by atoms with Crippen LogP contribution in [0.1, 0.15) is 10.4 Å². The zero-order valence-corrected chi connectivity index (χ0v) is 14.3. The fourth-order valence-electron chi connectivity index (χ4n) is 2.38. The largest absolute Gasteiger partial charge is 0.350 e. The Labute approximate surface area is 145 Å². The first kappa shape index (κ1) is 15.8. The van der Waals surface area contributed by atoms with E-state index in [9.17, 15) is 9.59 Å². The van der Waals surface area contributed by atoms with Crippen molar-refractivity contribution in [3.8, 4) is 0 Å². The number of amides is 1. The molecule has 0 atom stereocenters. The van der Waals surface area contributed by atoms with Crippen LogP contribution >= 0.6 is 27.5 Å². The van der Waals surface area contributed by atoms with E-state index in [2.05, 4.69) is 26.2 Å². The minimum atomic E-state index is -0.274. The molecule has 0 spiro atoms. The third kappa shape index (κ3) is 3.33. The van der Waals surface area contributed by atoms with E-state index in [0.29, 0.717) is 23.7 Å². The summed E-state index contributed by atoms with van der Waals surface area (Å²) >= 11 is 9.34. The second-order valence-electron chi connectivity index (χ2n) is 4.98. The molecule has 118 valence electrons. The number of nitrogens with zero attached hydrogens (tertiary/aromatic N) is 1. The van der Waals surface area contributed by atoms with Gasteiger partial charge in [0.25, 0.3) is 5.91 Å². The van der Waals surface area contributed by atoms with Crippen LogP contribution in [0.5, 0.6) is 0 Å². The Morgan fingerprint density at radius 1 is 1.26 bits per heavy atom. The normalized spacial score (nSPS) is 10.9. The first-order valence-corrected chi connectivity index (χ1v) is 8.14. The molecule has 2 aromatic carbocycles. The molecule has 23 heavy (non-hydrogen) atoms. The lowest BCUT2D eigenvalue weighted by Gasteiger charge is -2.08. The van der Waals surface area contributed by atoms with Crippen molar-refractivity contribution in [2.75, 3.05) is 6.54 Å². The Bertz CT molecular complexity index is 932. The second-order valence-corrected chi connectivity index (χ2v) is 6.30. The summed E-state index contributed by atoms with van der Waals surface area (Å²) in [5, 5.41) is 3.16. The molecule has 0 aliphatic carbocycles. The predicted molar refractivity (Wildman–Crippen MR) is 94.0 cm³/mol. The third-order valence-electron chi connectivity index (χ3n) is 3.48. The van der Waals surface area contributed by atoms with Crippen LogP contribution in [0.15, 0.2) is 51.7 Å². The monoisotopic (exact) mass is 393 g/mol. The highest BCUT2D eigenvalue weighted by atomic mass is 79.9. The molecule has 1 amide bonds. The topological polar surface area (TPSA) is 66.9 Å². The number of H-pyrrole nitrogens is 1. The minimum absolute atomic E-state index is 0.194. The Balaban J connectivity index is 1.71. The highest BCUT2D eigenvalue weighted by Gasteiger charge is 2.11. The SMILES string of the molecule is O=C(NCCn1c(=O)[nH]c2ccccc21)c1cc(Br)ccc1Cl. The lowest BCUT2D eigenvalue weighted by atomic mass is 10.2. The predicted octanol–water partition coefficient (Wildman–Crippen LogP) is 3.18. The van der Waals surface area contributed by atoms with Gasteiger partial charge >= 0.3 is 5.69 Å². The van der Waals surface area contributed by atoms with Crippen LogP contribution < -0.4 is 11.0 Å². The molecule has 0 aliphatic rings. The molecule has 0 aliphatic heterocycles. The Kier molecular flexibility index (Phi) is 4.54. The fraction of sp³-hybridized carbons (Fsp3) is 0.125. The van der Waals surface area contributed by atoms with Gasteiger partial charge < -0.3 is 10.3 Å². The van der Waals surface area contributed by atoms with Crippen molar-refractivity contribution in [2.24, 2.45) is 0 Å². The standard InChI is InChI=1S/C16H13BrClN3O2/c17-10-5-6-12(18)11(9-10)15(22)19-7-8-21-14-4-2-1-3-13(14)20-16(21)23/h1-6,9H,7-8H2,(H,19,22)(H,20,23). The van der Waals surface area contributed by atoms with Gasteiger partial charge in [0.05, 0.1) is 21.6 Å². The summed E-state index contributed by atoms with van der Waals surface area (Å²) in [5.41, 5.74) is 1.79. The molecule has 7 heteroatoms. The summed E-state index contributed by atoms with van der Waals surface area (Å²) in [6.45, 7) is 0.698. The lowest BCUT2D eigenvalue weighted by Crippen LogP contribution is -2.30. The number of carbonyl (C=O) groups excluding carboxylic acids is 1. The molecule has 0 saturated heterocycles. The molecule has 3 aromatic rings. The maximum Gasteiger partial charge on any atom is 0.326 e. The first-order chi connectivity index (χ1) is 11.1. The molecule has 0 saturated carbocycles. The van der Waals surface area contributed by atoms with Gasteiger partial charge in [-0.15, -0.1) is 0 Å². The number of carbonyl (C=O) groups is 1. The maximum atomic E-state index is 12.2. The summed E-state index contributed by atoms with van der Waals surface area (Å²) in [6.07, 6.45) is 0. The van der Waals surface area contributed by atoms with Gasteiger partial charge in [-0.1, -0.05) is 39.7 Å².